The van der Waals surface area contributed by atoms with Crippen LogP contribution in [0.5, 0.6) is 0 Å². The van der Waals surface area contributed by atoms with E-state index in [9.17, 15) is 4.79 Å². The van der Waals surface area contributed by atoms with E-state index in [1.54, 1.807) is 6.08 Å². The maximum Gasteiger partial charge on any atom is 0.241 e. The molecular formula is C24H27N3O. The number of hydrogen-bond acceptors (Lipinski definition) is 2. The Balaban J connectivity index is 1.45. The van der Waals surface area contributed by atoms with Gasteiger partial charge < -0.3 is 16.0 Å². The first-order chi connectivity index (χ1) is 13.6. The number of rotatable bonds is 6. The van der Waals surface area contributed by atoms with E-state index in [0.29, 0.717) is 6.04 Å². The third kappa shape index (κ3) is 3.87. The lowest BCUT2D eigenvalue weighted by Gasteiger charge is -2.27. The molecule has 4 rings (SSSR count). The molecule has 4 heteroatoms. The molecule has 1 aliphatic carbocycles. The van der Waals surface area contributed by atoms with Gasteiger partial charge >= 0.3 is 0 Å². The third-order valence-electron chi connectivity index (χ3n) is 5.71. The van der Waals surface area contributed by atoms with Gasteiger partial charge in [0.15, 0.2) is 0 Å². The second kappa shape index (κ2) is 8.03. The largest absolute Gasteiger partial charge is 0.366 e. The first-order valence-electron chi connectivity index (χ1n) is 10.0. The molecule has 0 saturated heterocycles. The van der Waals surface area contributed by atoms with Crippen molar-refractivity contribution in [2.75, 3.05) is 6.54 Å². The SMILES string of the molecule is Cc1[nH]c2ccccc2c1CCNC1CCCc2cc(/C=C/C(N)=O)ccc21. The zero-order valence-corrected chi connectivity index (χ0v) is 16.3. The lowest BCUT2D eigenvalue weighted by atomic mass is 9.86. The zero-order chi connectivity index (χ0) is 19.5. The minimum Gasteiger partial charge on any atom is -0.366 e. The minimum atomic E-state index is -0.412. The topological polar surface area (TPSA) is 70.9 Å². The number of primary amides is 1. The molecule has 2 aromatic carbocycles. The fourth-order valence-corrected chi connectivity index (χ4v) is 4.36. The van der Waals surface area contributed by atoms with E-state index >= 15 is 0 Å². The smallest absolute Gasteiger partial charge is 0.241 e. The van der Waals surface area contributed by atoms with Gasteiger partial charge in [0.25, 0.3) is 0 Å². The quantitative estimate of drug-likeness (QED) is 0.567. The summed E-state index contributed by atoms with van der Waals surface area (Å²) in [7, 11) is 0. The number of amides is 1. The van der Waals surface area contributed by atoms with Crippen LogP contribution in [0.25, 0.3) is 17.0 Å². The second-order valence-electron chi connectivity index (χ2n) is 7.62. The highest BCUT2D eigenvalue weighted by atomic mass is 16.1. The Morgan fingerprint density at radius 2 is 2.14 bits per heavy atom. The Morgan fingerprint density at radius 3 is 3.00 bits per heavy atom. The highest BCUT2D eigenvalue weighted by Crippen LogP contribution is 2.31. The van der Waals surface area contributed by atoms with E-state index < -0.39 is 5.91 Å². The average molecular weight is 374 g/mol. The van der Waals surface area contributed by atoms with Crippen molar-refractivity contribution in [2.45, 2.75) is 38.6 Å². The summed E-state index contributed by atoms with van der Waals surface area (Å²) in [6, 6.07) is 15.4. The van der Waals surface area contributed by atoms with Crippen molar-refractivity contribution < 1.29 is 4.79 Å². The summed E-state index contributed by atoms with van der Waals surface area (Å²) >= 11 is 0. The molecule has 0 bridgehead atoms. The molecule has 0 aliphatic heterocycles. The molecule has 1 unspecified atom stereocenters. The van der Waals surface area contributed by atoms with E-state index in [0.717, 1.165) is 31.4 Å². The summed E-state index contributed by atoms with van der Waals surface area (Å²) in [5.74, 6) is -0.412. The normalized spacial score (nSPS) is 16.5. The Labute approximate surface area is 165 Å². The van der Waals surface area contributed by atoms with Gasteiger partial charge in [0.2, 0.25) is 5.91 Å². The van der Waals surface area contributed by atoms with Gasteiger partial charge in [0.1, 0.15) is 0 Å². The molecule has 0 fully saturated rings. The average Bonchev–Trinajstić information content (AvgIpc) is 3.01. The van der Waals surface area contributed by atoms with Crippen molar-refractivity contribution in [3.63, 3.8) is 0 Å². The van der Waals surface area contributed by atoms with E-state index in [1.165, 1.54) is 45.8 Å². The van der Waals surface area contributed by atoms with Gasteiger partial charge in [0, 0.05) is 28.7 Å². The summed E-state index contributed by atoms with van der Waals surface area (Å²) in [6.07, 6.45) is 7.66. The van der Waals surface area contributed by atoms with Crippen molar-refractivity contribution in [1.29, 1.82) is 0 Å². The molecule has 28 heavy (non-hydrogen) atoms. The van der Waals surface area contributed by atoms with Gasteiger partial charge in [-0.25, -0.2) is 0 Å². The summed E-state index contributed by atoms with van der Waals surface area (Å²) in [4.78, 5) is 14.4. The maximum absolute atomic E-state index is 11.0. The fourth-order valence-electron chi connectivity index (χ4n) is 4.36. The molecular weight excluding hydrogens is 346 g/mol. The summed E-state index contributed by atoms with van der Waals surface area (Å²) in [6.45, 7) is 3.11. The third-order valence-corrected chi connectivity index (χ3v) is 5.71. The Morgan fingerprint density at radius 1 is 1.29 bits per heavy atom. The molecule has 1 heterocycles. The highest BCUT2D eigenvalue weighted by Gasteiger charge is 2.20. The number of H-pyrrole nitrogens is 1. The molecule has 4 N–H and O–H groups in total. The van der Waals surface area contributed by atoms with Crippen LogP contribution in [0, 0.1) is 6.92 Å². The molecule has 0 saturated carbocycles. The van der Waals surface area contributed by atoms with Crippen molar-refractivity contribution in [2.24, 2.45) is 5.73 Å². The molecule has 1 aliphatic rings. The number of nitrogens with two attached hydrogens (primary N) is 1. The summed E-state index contributed by atoms with van der Waals surface area (Å²) in [5, 5.41) is 5.10. The van der Waals surface area contributed by atoms with E-state index in [1.807, 2.05) is 0 Å². The molecule has 1 amide bonds. The minimum absolute atomic E-state index is 0.392. The van der Waals surface area contributed by atoms with Crippen LogP contribution in [0.4, 0.5) is 0 Å². The number of aromatic amines is 1. The van der Waals surface area contributed by atoms with Crippen molar-refractivity contribution >= 4 is 22.9 Å². The van der Waals surface area contributed by atoms with Gasteiger partial charge in [0.05, 0.1) is 0 Å². The molecule has 144 valence electrons. The van der Waals surface area contributed by atoms with Crippen molar-refractivity contribution in [3.8, 4) is 0 Å². The number of nitrogens with one attached hydrogen (secondary N) is 2. The van der Waals surface area contributed by atoms with Crippen molar-refractivity contribution in [1.82, 2.24) is 10.3 Å². The number of para-hydroxylation sites is 1. The number of benzene rings is 2. The fraction of sp³-hybridized carbons (Fsp3) is 0.292. The number of hydrogen-bond donors (Lipinski definition) is 3. The van der Waals surface area contributed by atoms with Crippen LogP contribution in [0.3, 0.4) is 0 Å². The molecule has 1 aromatic heterocycles. The number of carbonyl (C=O) groups is 1. The van der Waals surface area contributed by atoms with Gasteiger partial charge in [-0.1, -0.05) is 36.4 Å². The van der Waals surface area contributed by atoms with E-state index in [2.05, 4.69) is 59.7 Å². The van der Waals surface area contributed by atoms with Gasteiger partial charge in [-0.05, 0) is 73.5 Å². The van der Waals surface area contributed by atoms with Crippen LogP contribution < -0.4 is 11.1 Å². The van der Waals surface area contributed by atoms with Crippen LogP contribution in [0.2, 0.25) is 0 Å². The van der Waals surface area contributed by atoms with Gasteiger partial charge in [-0.3, -0.25) is 4.79 Å². The van der Waals surface area contributed by atoms with Gasteiger partial charge in [-0.15, -0.1) is 0 Å². The highest BCUT2D eigenvalue weighted by molar-refractivity contribution is 5.90. The first-order valence-corrected chi connectivity index (χ1v) is 10.0. The monoisotopic (exact) mass is 373 g/mol. The molecule has 1 atom stereocenters. The number of aromatic nitrogens is 1. The van der Waals surface area contributed by atoms with E-state index in [4.69, 9.17) is 5.73 Å². The Kier molecular flexibility index (Phi) is 5.31. The predicted octanol–water partition coefficient (Wildman–Crippen LogP) is 4.18. The molecule has 0 spiro atoms. The standard InChI is InChI=1S/C24H27N3O/c1-16-19(21-6-2-3-7-23(21)27-16)13-14-26-22-8-4-5-18-15-17(9-11-20(18)22)10-12-24(25)28/h2-3,6-7,9-12,15,22,26-27H,4-5,8,13-14H2,1H3,(H2,25,28)/b12-10+. The molecule has 0 radical (unpaired) electrons. The first kappa shape index (κ1) is 18.5. The molecule has 4 nitrogen and oxygen atoms in total. The Bertz CT molecular complexity index is 1030. The predicted molar refractivity (Wildman–Crippen MR) is 115 cm³/mol. The summed E-state index contributed by atoms with van der Waals surface area (Å²) < 4.78 is 0. The zero-order valence-electron chi connectivity index (χ0n) is 16.3. The number of carbonyl (C=O) groups excluding carboxylic acids is 1. The van der Waals surface area contributed by atoms with Crippen LogP contribution in [0.15, 0.2) is 48.5 Å². The van der Waals surface area contributed by atoms with Crippen LogP contribution in [-0.4, -0.2) is 17.4 Å². The second-order valence-corrected chi connectivity index (χ2v) is 7.62. The number of aryl methyl sites for hydroxylation is 2. The van der Waals surface area contributed by atoms with E-state index in [-0.39, 0.29) is 0 Å². The summed E-state index contributed by atoms with van der Waals surface area (Å²) in [5.41, 5.74) is 12.9. The lowest BCUT2D eigenvalue weighted by molar-refractivity contribution is -0.113. The Hall–Kier alpha value is -2.85. The number of fused-ring (bicyclic) bond motifs is 2. The van der Waals surface area contributed by atoms with Crippen LogP contribution in [0.1, 0.15) is 46.8 Å². The molecule has 3 aromatic rings. The van der Waals surface area contributed by atoms with Crippen LogP contribution in [-0.2, 0) is 17.6 Å². The lowest BCUT2D eigenvalue weighted by Crippen LogP contribution is -2.27. The van der Waals surface area contributed by atoms with Crippen molar-refractivity contribution in [3.05, 3.63) is 76.5 Å². The maximum atomic E-state index is 11.0. The van der Waals surface area contributed by atoms with Gasteiger partial charge in [-0.2, -0.15) is 0 Å². The van der Waals surface area contributed by atoms with Crippen LogP contribution >= 0.6 is 0 Å².